The van der Waals surface area contributed by atoms with Gasteiger partial charge >= 0.3 is 0 Å². The second-order valence-corrected chi connectivity index (χ2v) is 10.3. The Bertz CT molecular complexity index is 1340. The Morgan fingerprint density at radius 1 is 0.912 bits per heavy atom. The van der Waals surface area contributed by atoms with Crippen LogP contribution in [-0.2, 0) is 10.0 Å². The number of pyridine rings is 1. The van der Waals surface area contributed by atoms with Gasteiger partial charge < -0.3 is 10.6 Å². The Hall–Kier alpha value is -3.63. The number of sulfonamides is 1. The molecule has 0 spiro atoms. The Labute approximate surface area is 197 Å². The third-order valence-corrected chi connectivity index (χ3v) is 6.34. The van der Waals surface area contributed by atoms with Crippen LogP contribution in [0.1, 0.15) is 47.2 Å². The minimum atomic E-state index is -3.88. The van der Waals surface area contributed by atoms with Gasteiger partial charge in [-0.05, 0) is 75.7 Å². The summed E-state index contributed by atoms with van der Waals surface area (Å²) < 4.78 is 41.9. The van der Waals surface area contributed by atoms with Gasteiger partial charge in [-0.2, -0.15) is 0 Å². The number of nitrogens with one attached hydrogen (secondary N) is 3. The summed E-state index contributed by atoms with van der Waals surface area (Å²) in [6, 6.07) is 12.5. The van der Waals surface area contributed by atoms with Crippen molar-refractivity contribution in [1.82, 2.24) is 9.71 Å². The molecular weight excluding hydrogens is 459 g/mol. The van der Waals surface area contributed by atoms with Gasteiger partial charge in [-0.25, -0.2) is 17.5 Å². The smallest absolute Gasteiger partial charge is 0.274 e. The lowest BCUT2D eigenvalue weighted by molar-refractivity contribution is 0.101. The molecule has 0 aliphatic rings. The summed E-state index contributed by atoms with van der Waals surface area (Å²) in [4.78, 5) is 29.4. The maximum atomic E-state index is 14.0. The van der Waals surface area contributed by atoms with E-state index >= 15 is 0 Å². The average Bonchev–Trinajstić information content (AvgIpc) is 2.74. The molecule has 2 amide bonds. The third-order valence-electron chi connectivity index (χ3n) is 4.58. The summed E-state index contributed by atoms with van der Waals surface area (Å²) in [6.07, 6.45) is 1.46. The summed E-state index contributed by atoms with van der Waals surface area (Å²) in [7, 11) is -3.88. The van der Waals surface area contributed by atoms with E-state index in [1.807, 2.05) is 0 Å². The molecule has 2 aromatic carbocycles. The van der Waals surface area contributed by atoms with Crippen LogP contribution in [0, 0.1) is 12.7 Å². The molecule has 0 bridgehead atoms. The highest BCUT2D eigenvalue weighted by molar-refractivity contribution is 7.89. The fourth-order valence-electron chi connectivity index (χ4n) is 3.08. The lowest BCUT2D eigenvalue weighted by Crippen LogP contribution is -2.40. The van der Waals surface area contributed by atoms with Gasteiger partial charge in [0.15, 0.2) is 0 Å². The van der Waals surface area contributed by atoms with Gasteiger partial charge in [0.2, 0.25) is 10.0 Å². The molecule has 0 unspecified atom stereocenters. The molecule has 1 aromatic heterocycles. The van der Waals surface area contributed by atoms with Crippen molar-refractivity contribution in [1.29, 1.82) is 0 Å². The van der Waals surface area contributed by atoms with E-state index in [-0.39, 0.29) is 27.5 Å². The molecule has 178 valence electrons. The van der Waals surface area contributed by atoms with Gasteiger partial charge in [0.05, 0.1) is 16.3 Å². The van der Waals surface area contributed by atoms with Crippen LogP contribution in [0.4, 0.5) is 15.8 Å². The standard InChI is InChI=1S/C24H25FN4O4S/c1-15-8-10-17(34(32,33)29-24(2,3)4)14-18(15)22(30)28-21-13-16(25)9-11-19(21)27-23(31)20-7-5-6-12-26-20/h5-14,29H,1-4H3,(H,27,31)(H,28,30). The number of anilines is 2. The van der Waals surface area contributed by atoms with Crippen molar-refractivity contribution in [3.8, 4) is 0 Å². The second kappa shape index (κ2) is 9.70. The maximum absolute atomic E-state index is 14.0. The van der Waals surface area contributed by atoms with Gasteiger partial charge in [-0.3, -0.25) is 14.6 Å². The number of rotatable bonds is 6. The van der Waals surface area contributed by atoms with Crippen LogP contribution in [0.2, 0.25) is 0 Å². The van der Waals surface area contributed by atoms with E-state index in [9.17, 15) is 22.4 Å². The van der Waals surface area contributed by atoms with E-state index in [1.54, 1.807) is 39.8 Å². The highest BCUT2D eigenvalue weighted by Crippen LogP contribution is 2.25. The van der Waals surface area contributed by atoms with Crippen LogP contribution in [0.5, 0.6) is 0 Å². The summed E-state index contributed by atoms with van der Waals surface area (Å²) in [5.41, 5.74) is 0.194. The van der Waals surface area contributed by atoms with Crippen molar-refractivity contribution in [2.24, 2.45) is 0 Å². The molecule has 0 aliphatic carbocycles. The minimum Gasteiger partial charge on any atom is -0.320 e. The monoisotopic (exact) mass is 484 g/mol. The van der Waals surface area contributed by atoms with Crippen molar-refractivity contribution < 1.29 is 22.4 Å². The number of amides is 2. The number of hydrogen-bond acceptors (Lipinski definition) is 5. The van der Waals surface area contributed by atoms with Crippen LogP contribution in [0.3, 0.4) is 0 Å². The van der Waals surface area contributed by atoms with E-state index < -0.39 is 33.2 Å². The van der Waals surface area contributed by atoms with Gasteiger partial charge in [0.1, 0.15) is 11.5 Å². The van der Waals surface area contributed by atoms with Crippen LogP contribution < -0.4 is 15.4 Å². The molecule has 0 radical (unpaired) electrons. The van der Waals surface area contributed by atoms with Crippen LogP contribution >= 0.6 is 0 Å². The molecule has 3 rings (SSSR count). The lowest BCUT2D eigenvalue weighted by atomic mass is 10.1. The summed E-state index contributed by atoms with van der Waals surface area (Å²) in [5, 5.41) is 5.16. The molecular formula is C24H25FN4O4S. The molecule has 3 aromatic rings. The van der Waals surface area contributed by atoms with Crippen molar-refractivity contribution in [2.75, 3.05) is 10.6 Å². The minimum absolute atomic E-state index is 0.00904. The van der Waals surface area contributed by atoms with E-state index in [4.69, 9.17) is 0 Å². The first-order chi connectivity index (χ1) is 15.9. The first kappa shape index (κ1) is 25.0. The zero-order valence-corrected chi connectivity index (χ0v) is 20.0. The Morgan fingerprint density at radius 3 is 2.26 bits per heavy atom. The zero-order valence-electron chi connectivity index (χ0n) is 19.1. The summed E-state index contributed by atoms with van der Waals surface area (Å²) in [5.74, 6) is -1.84. The number of hydrogen-bond donors (Lipinski definition) is 3. The van der Waals surface area contributed by atoms with Gasteiger partial charge in [-0.15, -0.1) is 0 Å². The normalized spacial score (nSPS) is 11.7. The topological polar surface area (TPSA) is 117 Å². The second-order valence-electron chi connectivity index (χ2n) is 8.65. The molecule has 10 heteroatoms. The Balaban J connectivity index is 1.90. The molecule has 8 nitrogen and oxygen atoms in total. The molecule has 0 aliphatic heterocycles. The number of carbonyl (C=O) groups is 2. The fraction of sp³-hybridized carbons (Fsp3) is 0.208. The largest absolute Gasteiger partial charge is 0.320 e. The molecule has 0 saturated heterocycles. The lowest BCUT2D eigenvalue weighted by Gasteiger charge is -2.21. The van der Waals surface area contributed by atoms with E-state index in [0.29, 0.717) is 5.56 Å². The molecule has 34 heavy (non-hydrogen) atoms. The van der Waals surface area contributed by atoms with Crippen LogP contribution in [0.25, 0.3) is 0 Å². The molecule has 0 fully saturated rings. The number of aromatic nitrogens is 1. The highest BCUT2D eigenvalue weighted by atomic mass is 32.2. The summed E-state index contributed by atoms with van der Waals surface area (Å²) in [6.45, 7) is 6.77. The first-order valence-corrected chi connectivity index (χ1v) is 11.8. The van der Waals surface area contributed by atoms with Crippen molar-refractivity contribution in [3.63, 3.8) is 0 Å². The predicted molar refractivity (Wildman–Crippen MR) is 128 cm³/mol. The quantitative estimate of drug-likeness (QED) is 0.487. The molecule has 0 atom stereocenters. The Kier molecular flexibility index (Phi) is 7.13. The number of benzene rings is 2. The number of halogens is 1. The van der Waals surface area contributed by atoms with Gasteiger partial charge in [0.25, 0.3) is 11.8 Å². The average molecular weight is 485 g/mol. The highest BCUT2D eigenvalue weighted by Gasteiger charge is 2.24. The van der Waals surface area contributed by atoms with Crippen molar-refractivity contribution in [2.45, 2.75) is 38.1 Å². The van der Waals surface area contributed by atoms with Crippen molar-refractivity contribution >= 4 is 33.2 Å². The van der Waals surface area contributed by atoms with Crippen LogP contribution in [0.15, 0.2) is 65.7 Å². The summed E-state index contributed by atoms with van der Waals surface area (Å²) >= 11 is 0. The SMILES string of the molecule is Cc1ccc(S(=O)(=O)NC(C)(C)C)cc1C(=O)Nc1cc(F)ccc1NC(=O)c1ccccn1. The number of aryl methyl sites for hydroxylation is 1. The fourth-order valence-corrected chi connectivity index (χ4v) is 4.52. The molecule has 1 heterocycles. The number of carbonyl (C=O) groups excluding carboxylic acids is 2. The van der Waals surface area contributed by atoms with E-state index in [2.05, 4.69) is 20.3 Å². The number of nitrogens with zero attached hydrogens (tertiary/aromatic N) is 1. The third kappa shape index (κ3) is 6.24. The maximum Gasteiger partial charge on any atom is 0.274 e. The van der Waals surface area contributed by atoms with Crippen molar-refractivity contribution in [3.05, 3.63) is 83.4 Å². The molecule has 0 saturated carbocycles. The van der Waals surface area contributed by atoms with E-state index in [1.165, 1.54) is 36.5 Å². The Morgan fingerprint density at radius 2 is 1.62 bits per heavy atom. The molecule has 3 N–H and O–H groups in total. The predicted octanol–water partition coefficient (Wildman–Crippen LogP) is 4.11. The van der Waals surface area contributed by atoms with Crippen LogP contribution in [-0.4, -0.2) is 30.8 Å². The van der Waals surface area contributed by atoms with E-state index in [0.717, 1.165) is 12.1 Å². The van der Waals surface area contributed by atoms with Gasteiger partial charge in [-0.1, -0.05) is 12.1 Å². The zero-order chi connectivity index (χ0) is 25.1. The van der Waals surface area contributed by atoms with Gasteiger partial charge in [0, 0.05) is 17.3 Å². The first-order valence-electron chi connectivity index (χ1n) is 10.3.